The summed E-state index contributed by atoms with van der Waals surface area (Å²) in [5, 5.41) is 8.86. The first-order chi connectivity index (χ1) is 7.74. The molecule has 2 unspecified atom stereocenters. The van der Waals surface area contributed by atoms with Crippen LogP contribution in [0.1, 0.15) is 31.9 Å². The van der Waals surface area contributed by atoms with E-state index in [4.69, 9.17) is 0 Å². The Labute approximate surface area is 146 Å². The summed E-state index contributed by atoms with van der Waals surface area (Å²) in [6.07, 6.45) is 5.53. The van der Waals surface area contributed by atoms with E-state index in [1.165, 1.54) is 12.0 Å². The van der Waals surface area contributed by atoms with E-state index in [1.54, 1.807) is 0 Å². The number of nitrogens with zero attached hydrogens (tertiary/aromatic N) is 4. The molecule has 0 spiro atoms. The van der Waals surface area contributed by atoms with Gasteiger partial charge in [-0.1, -0.05) is 0 Å². The number of piperidine rings is 1. The van der Waals surface area contributed by atoms with E-state index >= 15 is 0 Å². The number of hydrogen-bond acceptors (Lipinski definition) is 2. The molecule has 2 bridgehead atoms. The third-order valence-corrected chi connectivity index (χ3v) is 3.71. The number of rotatable bonds is 3. The number of hydrogen-bond donors (Lipinski definition) is 0. The zero-order chi connectivity index (χ0) is 11.1. The van der Waals surface area contributed by atoms with Crippen molar-refractivity contribution in [1.82, 2.24) is 14.7 Å². The molecular formula is C12H19KN4. The van der Waals surface area contributed by atoms with Crippen LogP contribution in [0.3, 0.4) is 0 Å². The van der Waals surface area contributed by atoms with Crippen molar-refractivity contribution in [3.05, 3.63) is 23.3 Å². The van der Waals surface area contributed by atoms with E-state index in [0.717, 1.165) is 19.6 Å². The van der Waals surface area contributed by atoms with Crippen LogP contribution < -0.4 is 51.4 Å². The average molecular weight is 258 g/mol. The molecule has 3 rings (SSSR count). The summed E-state index contributed by atoms with van der Waals surface area (Å²) in [5.74, 6) is 0. The minimum Gasteiger partial charge on any atom is -0.660 e. The molecule has 88 valence electrons. The van der Waals surface area contributed by atoms with E-state index in [9.17, 15) is 0 Å². The molecule has 3 heterocycles. The molecule has 4 nitrogen and oxygen atoms in total. The average Bonchev–Trinajstić information content (AvgIpc) is 2.75. The first-order valence-corrected chi connectivity index (χ1v) is 6.16. The van der Waals surface area contributed by atoms with Gasteiger partial charge in [-0.15, -0.1) is 13.1 Å². The Hall–Kier alpha value is 0.766. The quantitative estimate of drug-likeness (QED) is 0.638. The molecule has 5 heteroatoms. The Balaban J connectivity index is 0.00000108. The fourth-order valence-corrected chi connectivity index (χ4v) is 2.69. The summed E-state index contributed by atoms with van der Waals surface area (Å²) in [5.41, 5.74) is 1.34. The number of piperazine rings is 1. The van der Waals surface area contributed by atoms with E-state index in [2.05, 4.69) is 35.4 Å². The van der Waals surface area contributed by atoms with Gasteiger partial charge in [0.15, 0.2) is 0 Å². The Morgan fingerprint density at radius 2 is 2.12 bits per heavy atom. The van der Waals surface area contributed by atoms with Crippen LogP contribution in [0.5, 0.6) is 0 Å². The summed E-state index contributed by atoms with van der Waals surface area (Å²) < 4.78 is 2.04. The SMILES string of the molecule is CC(C)n1cc(CN2C3C[N-]CC2C3)cn1.[K+]. The summed E-state index contributed by atoms with van der Waals surface area (Å²) in [7, 11) is 0. The van der Waals surface area contributed by atoms with Gasteiger partial charge in [-0.2, -0.15) is 5.10 Å². The summed E-state index contributed by atoms with van der Waals surface area (Å²) >= 11 is 0. The van der Waals surface area contributed by atoms with Gasteiger partial charge in [0.2, 0.25) is 0 Å². The van der Waals surface area contributed by atoms with Gasteiger partial charge in [0.05, 0.1) is 6.20 Å². The van der Waals surface area contributed by atoms with Crippen molar-refractivity contribution in [2.75, 3.05) is 13.1 Å². The molecule has 0 saturated carbocycles. The Morgan fingerprint density at radius 1 is 1.41 bits per heavy atom. The molecule has 0 N–H and O–H groups in total. The molecule has 2 fully saturated rings. The zero-order valence-corrected chi connectivity index (χ0v) is 14.1. The Bertz CT molecular complexity index is 362. The summed E-state index contributed by atoms with van der Waals surface area (Å²) in [4.78, 5) is 2.58. The van der Waals surface area contributed by atoms with Crippen molar-refractivity contribution >= 4 is 0 Å². The van der Waals surface area contributed by atoms with Crippen molar-refractivity contribution in [2.24, 2.45) is 0 Å². The summed E-state index contributed by atoms with van der Waals surface area (Å²) in [6.45, 7) is 7.45. The van der Waals surface area contributed by atoms with Crippen LogP contribution in [0.2, 0.25) is 0 Å². The third-order valence-electron chi connectivity index (χ3n) is 3.71. The predicted octanol–water partition coefficient (Wildman–Crippen LogP) is -1.20. The van der Waals surface area contributed by atoms with E-state index in [0.29, 0.717) is 18.1 Å². The molecular weight excluding hydrogens is 239 g/mol. The second kappa shape index (κ2) is 5.82. The maximum Gasteiger partial charge on any atom is 1.00 e. The Kier molecular flexibility index (Phi) is 4.85. The predicted molar refractivity (Wildman–Crippen MR) is 63.4 cm³/mol. The molecule has 1 aromatic rings. The van der Waals surface area contributed by atoms with Gasteiger partial charge in [0.25, 0.3) is 0 Å². The van der Waals surface area contributed by atoms with Crippen LogP contribution in [0.4, 0.5) is 0 Å². The van der Waals surface area contributed by atoms with Gasteiger partial charge < -0.3 is 5.32 Å². The molecule has 1 aromatic heterocycles. The van der Waals surface area contributed by atoms with Crippen LogP contribution in [0.15, 0.2) is 12.4 Å². The van der Waals surface area contributed by atoms with Crippen molar-refractivity contribution in [1.29, 1.82) is 0 Å². The van der Waals surface area contributed by atoms with Crippen molar-refractivity contribution in [2.45, 2.75) is 44.9 Å². The number of fused-ring (bicyclic) bond motifs is 2. The topological polar surface area (TPSA) is 35.2 Å². The van der Waals surface area contributed by atoms with E-state index in [-0.39, 0.29) is 51.4 Å². The van der Waals surface area contributed by atoms with Gasteiger partial charge >= 0.3 is 51.4 Å². The largest absolute Gasteiger partial charge is 1.00 e. The molecule has 2 saturated heterocycles. The van der Waals surface area contributed by atoms with Gasteiger partial charge in [-0.3, -0.25) is 9.58 Å². The van der Waals surface area contributed by atoms with Gasteiger partial charge in [-0.05, 0) is 32.4 Å². The van der Waals surface area contributed by atoms with E-state index < -0.39 is 0 Å². The van der Waals surface area contributed by atoms with Crippen molar-refractivity contribution < 1.29 is 51.4 Å². The fourth-order valence-electron chi connectivity index (χ4n) is 2.69. The van der Waals surface area contributed by atoms with Crippen LogP contribution in [-0.4, -0.2) is 39.9 Å². The van der Waals surface area contributed by atoms with Crippen LogP contribution in [-0.2, 0) is 6.54 Å². The fraction of sp³-hybridized carbons (Fsp3) is 0.750. The molecule has 0 aliphatic carbocycles. The van der Waals surface area contributed by atoms with Gasteiger partial charge in [0, 0.05) is 24.3 Å². The van der Waals surface area contributed by atoms with Crippen molar-refractivity contribution in [3.63, 3.8) is 0 Å². The maximum absolute atomic E-state index is 4.47. The normalized spacial score (nSPS) is 27.7. The second-order valence-corrected chi connectivity index (χ2v) is 5.23. The van der Waals surface area contributed by atoms with Crippen LogP contribution in [0, 0.1) is 0 Å². The first-order valence-electron chi connectivity index (χ1n) is 6.16. The van der Waals surface area contributed by atoms with Crippen LogP contribution >= 0.6 is 0 Å². The van der Waals surface area contributed by atoms with Gasteiger partial charge in [0.1, 0.15) is 0 Å². The molecule has 0 radical (unpaired) electrons. The monoisotopic (exact) mass is 258 g/mol. The van der Waals surface area contributed by atoms with Crippen molar-refractivity contribution in [3.8, 4) is 0 Å². The molecule has 2 atom stereocenters. The minimum absolute atomic E-state index is 0. The second-order valence-electron chi connectivity index (χ2n) is 5.23. The maximum atomic E-state index is 4.47. The van der Waals surface area contributed by atoms with Gasteiger partial charge in [-0.25, -0.2) is 0 Å². The molecule has 2 aliphatic rings. The minimum atomic E-state index is 0. The van der Waals surface area contributed by atoms with Crippen LogP contribution in [0.25, 0.3) is 5.32 Å². The smallest absolute Gasteiger partial charge is 0.660 e. The molecule has 2 aliphatic heterocycles. The molecule has 0 amide bonds. The Morgan fingerprint density at radius 3 is 2.65 bits per heavy atom. The molecule has 17 heavy (non-hydrogen) atoms. The summed E-state index contributed by atoms with van der Waals surface area (Å²) in [6, 6.07) is 1.88. The zero-order valence-electron chi connectivity index (χ0n) is 11.0. The molecule has 0 aromatic carbocycles. The van der Waals surface area contributed by atoms with E-state index in [1.807, 2.05) is 10.9 Å². The number of aromatic nitrogens is 2. The first kappa shape index (κ1) is 14.2. The standard InChI is InChI=1S/C12H19N4.K/c1-9(2)16-8-10(4-14-16)7-15-11-3-12(15)6-13-5-11;/h4,8-9,11-12H,3,5-7H2,1-2H3;/q-1;+1. The third kappa shape index (κ3) is 2.86.